The van der Waals surface area contributed by atoms with Gasteiger partial charge in [-0.25, -0.2) is 14.2 Å². The van der Waals surface area contributed by atoms with Crippen LogP contribution in [0.4, 0.5) is 20.7 Å². The fourth-order valence-electron chi connectivity index (χ4n) is 4.26. The number of halogens is 1. The second kappa shape index (κ2) is 8.47. The molecule has 32 heavy (non-hydrogen) atoms. The van der Waals surface area contributed by atoms with Crippen LogP contribution in [0.15, 0.2) is 54.7 Å². The van der Waals surface area contributed by atoms with Gasteiger partial charge in [-0.15, -0.1) is 0 Å². The van der Waals surface area contributed by atoms with Crippen molar-refractivity contribution in [3.05, 3.63) is 60.5 Å². The first-order valence-corrected chi connectivity index (χ1v) is 10.7. The van der Waals surface area contributed by atoms with Crippen LogP contribution in [0.3, 0.4) is 0 Å². The van der Waals surface area contributed by atoms with Crippen molar-refractivity contribution in [2.75, 3.05) is 49.1 Å². The third-order valence-electron chi connectivity index (χ3n) is 5.94. The molecule has 0 unspecified atom stereocenters. The zero-order valence-corrected chi connectivity index (χ0v) is 17.5. The molecule has 2 amide bonds. The standard InChI is InChI=1S/C24H24FN5O2/c25-20-14-16(4-5-21(20)30-13-10-28-24(30)32)18-2-1-3-19(23(18)31)17-6-7-27-22(15-17)29-11-8-26-9-12-29/h1-7,14-15,26,31H,8-13H2,(H,28,32). The van der Waals surface area contributed by atoms with Crippen molar-refractivity contribution in [1.29, 1.82) is 0 Å². The molecule has 3 aromatic rings. The number of phenolic OH excluding ortho intramolecular Hbond substituents is 1. The number of nitrogens with one attached hydrogen (secondary N) is 2. The lowest BCUT2D eigenvalue weighted by Gasteiger charge is -2.28. The number of aromatic nitrogens is 1. The number of nitrogens with zero attached hydrogens (tertiary/aromatic N) is 3. The van der Waals surface area contributed by atoms with E-state index in [4.69, 9.17) is 0 Å². The zero-order valence-electron chi connectivity index (χ0n) is 17.5. The number of hydrogen-bond donors (Lipinski definition) is 3. The molecule has 2 aliphatic rings. The molecule has 2 aromatic carbocycles. The summed E-state index contributed by atoms with van der Waals surface area (Å²) < 4.78 is 14.9. The van der Waals surface area contributed by atoms with Crippen molar-refractivity contribution < 1.29 is 14.3 Å². The van der Waals surface area contributed by atoms with E-state index in [1.165, 1.54) is 11.0 Å². The summed E-state index contributed by atoms with van der Waals surface area (Å²) in [5.41, 5.74) is 2.80. The van der Waals surface area contributed by atoms with E-state index < -0.39 is 5.82 Å². The predicted molar refractivity (Wildman–Crippen MR) is 123 cm³/mol. The molecule has 0 bridgehead atoms. The van der Waals surface area contributed by atoms with Gasteiger partial charge in [0, 0.05) is 56.6 Å². The van der Waals surface area contributed by atoms with Crippen molar-refractivity contribution >= 4 is 17.5 Å². The van der Waals surface area contributed by atoms with Gasteiger partial charge in [-0.3, -0.25) is 4.90 Å². The first-order chi connectivity index (χ1) is 15.6. The molecule has 5 rings (SSSR count). The van der Waals surface area contributed by atoms with Gasteiger partial charge >= 0.3 is 6.03 Å². The molecule has 1 aromatic heterocycles. The van der Waals surface area contributed by atoms with Crippen molar-refractivity contribution in [3.8, 4) is 28.0 Å². The van der Waals surface area contributed by atoms with Gasteiger partial charge < -0.3 is 20.6 Å². The molecule has 2 fully saturated rings. The third-order valence-corrected chi connectivity index (χ3v) is 5.94. The van der Waals surface area contributed by atoms with E-state index in [0.717, 1.165) is 37.6 Å². The second-order valence-electron chi connectivity index (χ2n) is 7.89. The van der Waals surface area contributed by atoms with E-state index in [1.54, 1.807) is 24.4 Å². The lowest BCUT2D eigenvalue weighted by Crippen LogP contribution is -2.43. The van der Waals surface area contributed by atoms with Crippen LogP contribution in [0.5, 0.6) is 5.75 Å². The van der Waals surface area contributed by atoms with Crippen LogP contribution < -0.4 is 20.4 Å². The van der Waals surface area contributed by atoms with E-state index >= 15 is 0 Å². The molecule has 0 atom stereocenters. The number of benzene rings is 2. The molecular weight excluding hydrogens is 409 g/mol. The summed E-state index contributed by atoms with van der Waals surface area (Å²) >= 11 is 0. The van der Waals surface area contributed by atoms with Crippen LogP contribution in [-0.4, -0.2) is 55.4 Å². The second-order valence-corrected chi connectivity index (χ2v) is 7.89. The number of carbonyl (C=O) groups is 1. The Bertz CT molecular complexity index is 1160. The number of phenols is 1. The number of pyridine rings is 1. The molecular formula is C24H24FN5O2. The molecule has 8 heteroatoms. The van der Waals surface area contributed by atoms with Crippen LogP contribution in [0.1, 0.15) is 0 Å². The smallest absolute Gasteiger partial charge is 0.322 e. The molecule has 3 heterocycles. The molecule has 0 aliphatic carbocycles. The summed E-state index contributed by atoms with van der Waals surface area (Å²) in [5, 5.41) is 17.1. The quantitative estimate of drug-likeness (QED) is 0.589. The lowest BCUT2D eigenvalue weighted by molar-refractivity contribution is 0.252. The number of aromatic hydroxyl groups is 1. The summed E-state index contributed by atoms with van der Waals surface area (Å²) in [6.07, 6.45) is 1.74. The van der Waals surface area contributed by atoms with Crippen molar-refractivity contribution in [2.24, 2.45) is 0 Å². The highest BCUT2D eigenvalue weighted by atomic mass is 19.1. The largest absolute Gasteiger partial charge is 0.507 e. The van der Waals surface area contributed by atoms with E-state index in [9.17, 15) is 14.3 Å². The van der Waals surface area contributed by atoms with Gasteiger partial charge in [0.05, 0.1) is 5.69 Å². The van der Waals surface area contributed by atoms with Crippen molar-refractivity contribution in [3.63, 3.8) is 0 Å². The lowest BCUT2D eigenvalue weighted by atomic mass is 9.97. The summed E-state index contributed by atoms with van der Waals surface area (Å²) in [6.45, 7) is 4.49. The summed E-state index contributed by atoms with van der Waals surface area (Å²) in [6, 6.07) is 13.6. The van der Waals surface area contributed by atoms with Crippen LogP contribution in [0, 0.1) is 5.82 Å². The number of amides is 2. The van der Waals surface area contributed by atoms with Gasteiger partial charge in [-0.05, 0) is 35.4 Å². The average molecular weight is 433 g/mol. The fourth-order valence-corrected chi connectivity index (χ4v) is 4.26. The molecule has 2 aliphatic heterocycles. The van der Waals surface area contributed by atoms with Crippen LogP contribution >= 0.6 is 0 Å². The van der Waals surface area contributed by atoms with Gasteiger partial charge in [0.15, 0.2) is 0 Å². The highest BCUT2D eigenvalue weighted by molar-refractivity contribution is 5.94. The van der Waals surface area contributed by atoms with Crippen molar-refractivity contribution in [1.82, 2.24) is 15.6 Å². The number of piperazine rings is 1. The maximum absolute atomic E-state index is 14.9. The number of anilines is 2. The van der Waals surface area contributed by atoms with Gasteiger partial charge in [0.25, 0.3) is 0 Å². The minimum atomic E-state index is -0.505. The van der Waals surface area contributed by atoms with Crippen LogP contribution in [-0.2, 0) is 0 Å². The first-order valence-electron chi connectivity index (χ1n) is 10.7. The maximum atomic E-state index is 14.9. The Morgan fingerprint density at radius 2 is 1.69 bits per heavy atom. The normalized spacial score (nSPS) is 16.3. The van der Waals surface area contributed by atoms with Crippen LogP contribution in [0.25, 0.3) is 22.3 Å². The Labute approximate surface area is 185 Å². The monoisotopic (exact) mass is 433 g/mol. The summed E-state index contributed by atoms with van der Waals surface area (Å²) in [4.78, 5) is 20.0. The minimum absolute atomic E-state index is 0.0797. The number of para-hydroxylation sites is 1. The molecule has 0 spiro atoms. The number of rotatable bonds is 4. The number of urea groups is 1. The Kier molecular flexibility index (Phi) is 5.36. The van der Waals surface area contributed by atoms with E-state index in [-0.39, 0.29) is 17.5 Å². The molecule has 2 saturated heterocycles. The van der Waals surface area contributed by atoms with E-state index in [1.807, 2.05) is 24.3 Å². The highest BCUT2D eigenvalue weighted by Crippen LogP contribution is 2.39. The third kappa shape index (κ3) is 3.73. The maximum Gasteiger partial charge on any atom is 0.322 e. The molecule has 0 saturated carbocycles. The Hall–Kier alpha value is -3.65. The SMILES string of the molecule is O=C1NCCN1c1ccc(-c2cccc(-c3ccnc(N4CCNCC4)c3)c2O)cc1F. The molecule has 164 valence electrons. The van der Waals surface area contributed by atoms with Crippen LogP contribution in [0.2, 0.25) is 0 Å². The Morgan fingerprint density at radius 1 is 0.938 bits per heavy atom. The average Bonchev–Trinajstić information content (AvgIpc) is 3.25. The minimum Gasteiger partial charge on any atom is -0.507 e. The summed E-state index contributed by atoms with van der Waals surface area (Å²) in [7, 11) is 0. The Morgan fingerprint density at radius 3 is 2.38 bits per heavy atom. The molecule has 7 nitrogen and oxygen atoms in total. The zero-order chi connectivity index (χ0) is 22.1. The van der Waals surface area contributed by atoms with Crippen molar-refractivity contribution in [2.45, 2.75) is 0 Å². The summed E-state index contributed by atoms with van der Waals surface area (Å²) in [5.74, 6) is 0.443. The van der Waals surface area contributed by atoms with Gasteiger partial charge in [0.2, 0.25) is 0 Å². The van der Waals surface area contributed by atoms with Gasteiger partial charge in [-0.2, -0.15) is 0 Å². The number of hydrogen-bond acceptors (Lipinski definition) is 5. The first kappa shape index (κ1) is 20.3. The highest BCUT2D eigenvalue weighted by Gasteiger charge is 2.24. The Balaban J connectivity index is 1.48. The van der Waals surface area contributed by atoms with Gasteiger partial charge in [0.1, 0.15) is 17.4 Å². The van der Waals surface area contributed by atoms with Gasteiger partial charge in [-0.1, -0.05) is 24.3 Å². The van der Waals surface area contributed by atoms with E-state index in [2.05, 4.69) is 20.5 Å². The molecule has 0 radical (unpaired) electrons. The predicted octanol–water partition coefficient (Wildman–Crippen LogP) is 3.20. The fraction of sp³-hybridized carbons (Fsp3) is 0.250. The van der Waals surface area contributed by atoms with E-state index in [0.29, 0.717) is 29.8 Å². The topological polar surface area (TPSA) is 80.7 Å². The molecule has 3 N–H and O–H groups in total. The number of carbonyl (C=O) groups excluding carboxylic acids is 1.